The maximum absolute atomic E-state index is 11.8. The summed E-state index contributed by atoms with van der Waals surface area (Å²) in [5.41, 5.74) is 0. The third-order valence-corrected chi connectivity index (χ3v) is 6.08. The number of hydrogen-bond donors (Lipinski definition) is 2. The number of sulfonamides is 1. The molecule has 0 aliphatic carbocycles. The van der Waals surface area contributed by atoms with Crippen LogP contribution >= 0.6 is 11.3 Å². The molecule has 2 N–H and O–H groups in total. The van der Waals surface area contributed by atoms with Crippen LogP contribution < -0.4 is 10.0 Å². The lowest BCUT2D eigenvalue weighted by Gasteiger charge is -2.30. The Bertz CT molecular complexity index is 754. The van der Waals surface area contributed by atoms with Crippen LogP contribution in [0.2, 0.25) is 0 Å². The van der Waals surface area contributed by atoms with Crippen molar-refractivity contribution in [3.05, 3.63) is 17.3 Å². The zero-order valence-electron chi connectivity index (χ0n) is 12.2. The minimum Gasteiger partial charge on any atom is -0.333 e. The highest BCUT2D eigenvalue weighted by Gasteiger charge is 2.26. The van der Waals surface area contributed by atoms with Crippen molar-refractivity contribution in [1.82, 2.24) is 25.1 Å². The quantitative estimate of drug-likeness (QED) is 0.822. The van der Waals surface area contributed by atoms with Crippen LogP contribution in [0, 0.1) is 0 Å². The van der Waals surface area contributed by atoms with Crippen molar-refractivity contribution in [2.75, 3.05) is 33.7 Å². The molecule has 1 fully saturated rings. The van der Waals surface area contributed by atoms with E-state index < -0.39 is 10.0 Å². The highest BCUT2D eigenvalue weighted by molar-refractivity contribution is 7.89. The molecule has 2 aromatic heterocycles. The molecular formula is C12H17N5O3S2. The Morgan fingerprint density at radius 1 is 1.55 bits per heavy atom. The highest BCUT2D eigenvalue weighted by atomic mass is 32.2. The number of nitrogens with one attached hydrogen (secondary N) is 2. The second kappa shape index (κ2) is 6.05. The van der Waals surface area contributed by atoms with E-state index in [-0.39, 0.29) is 10.9 Å². The summed E-state index contributed by atoms with van der Waals surface area (Å²) >= 11 is 1.26. The Morgan fingerprint density at radius 2 is 2.36 bits per heavy atom. The molecule has 1 saturated heterocycles. The average molecular weight is 343 g/mol. The Balaban J connectivity index is 1.85. The third-order valence-electron chi connectivity index (χ3n) is 3.62. The molecule has 120 valence electrons. The van der Waals surface area contributed by atoms with Crippen molar-refractivity contribution in [2.45, 2.75) is 10.9 Å². The highest BCUT2D eigenvalue weighted by Crippen LogP contribution is 2.29. The molecular weight excluding hydrogens is 326 g/mol. The van der Waals surface area contributed by atoms with E-state index >= 15 is 0 Å². The van der Waals surface area contributed by atoms with Gasteiger partial charge in [0.2, 0.25) is 10.0 Å². The lowest BCUT2D eigenvalue weighted by Crippen LogP contribution is -2.44. The fourth-order valence-electron chi connectivity index (χ4n) is 2.25. The molecule has 0 radical (unpaired) electrons. The molecule has 3 rings (SSSR count). The van der Waals surface area contributed by atoms with Gasteiger partial charge in [-0.1, -0.05) is 5.16 Å². The van der Waals surface area contributed by atoms with E-state index in [0.29, 0.717) is 16.6 Å². The van der Waals surface area contributed by atoms with E-state index in [9.17, 15) is 8.42 Å². The van der Waals surface area contributed by atoms with Gasteiger partial charge in [0.15, 0.2) is 5.82 Å². The molecule has 3 heterocycles. The van der Waals surface area contributed by atoms with Gasteiger partial charge >= 0.3 is 0 Å². The van der Waals surface area contributed by atoms with Crippen molar-refractivity contribution < 1.29 is 12.9 Å². The number of thiophene rings is 1. The summed E-state index contributed by atoms with van der Waals surface area (Å²) in [6, 6.07) is 1.60. The zero-order valence-corrected chi connectivity index (χ0v) is 13.9. The first-order valence-electron chi connectivity index (χ1n) is 6.78. The zero-order chi connectivity index (χ0) is 15.7. The topological polar surface area (TPSA) is 100 Å². The standard InChI is InChI=1S/C12H17N5O3S2/c1-13-22(18,19)8-5-10(21-7-8)12-15-11(16-20-12)9-6-14-3-4-17(9)2/h5,7,9,13-14H,3-4,6H2,1-2H3. The lowest BCUT2D eigenvalue weighted by atomic mass is 10.2. The molecule has 8 nitrogen and oxygen atoms in total. The smallest absolute Gasteiger partial charge is 0.268 e. The molecule has 1 unspecified atom stereocenters. The monoisotopic (exact) mass is 343 g/mol. The number of aromatic nitrogens is 2. The van der Waals surface area contributed by atoms with Gasteiger partial charge in [-0.2, -0.15) is 4.98 Å². The van der Waals surface area contributed by atoms with E-state index in [1.807, 2.05) is 7.05 Å². The minimum atomic E-state index is -3.46. The molecule has 10 heteroatoms. The van der Waals surface area contributed by atoms with Gasteiger partial charge in [0.25, 0.3) is 5.89 Å². The van der Waals surface area contributed by atoms with Crippen molar-refractivity contribution in [2.24, 2.45) is 0 Å². The fraction of sp³-hybridized carbons (Fsp3) is 0.500. The molecule has 0 spiro atoms. The Morgan fingerprint density at radius 3 is 3.09 bits per heavy atom. The summed E-state index contributed by atoms with van der Waals surface area (Å²) in [4.78, 5) is 7.41. The maximum atomic E-state index is 11.8. The molecule has 1 aliphatic heterocycles. The van der Waals surface area contributed by atoms with Crippen LogP contribution in [-0.2, 0) is 10.0 Å². The van der Waals surface area contributed by atoms with Crippen molar-refractivity contribution in [3.63, 3.8) is 0 Å². The van der Waals surface area contributed by atoms with Gasteiger partial charge in [0.05, 0.1) is 15.8 Å². The van der Waals surface area contributed by atoms with Crippen LogP contribution in [0.3, 0.4) is 0 Å². The van der Waals surface area contributed by atoms with Crippen molar-refractivity contribution >= 4 is 21.4 Å². The summed E-state index contributed by atoms with van der Waals surface area (Å²) in [5, 5.41) is 8.88. The number of likely N-dealkylation sites (N-methyl/N-ethyl adjacent to an activating group) is 1. The molecule has 0 saturated carbocycles. The van der Waals surface area contributed by atoms with Crippen molar-refractivity contribution in [1.29, 1.82) is 0 Å². The van der Waals surface area contributed by atoms with E-state index in [2.05, 4.69) is 25.1 Å². The predicted octanol–water partition coefficient (Wildman–Crippen LogP) is 0.282. The predicted molar refractivity (Wildman–Crippen MR) is 82.1 cm³/mol. The van der Waals surface area contributed by atoms with Gasteiger partial charge in [0, 0.05) is 25.0 Å². The van der Waals surface area contributed by atoms with Crippen LogP contribution in [0.25, 0.3) is 10.8 Å². The molecule has 1 atom stereocenters. The van der Waals surface area contributed by atoms with Gasteiger partial charge in [-0.05, 0) is 20.2 Å². The summed E-state index contributed by atoms with van der Waals surface area (Å²) < 4.78 is 31.1. The van der Waals surface area contributed by atoms with Crippen molar-refractivity contribution in [3.8, 4) is 10.8 Å². The largest absolute Gasteiger partial charge is 0.333 e. The maximum Gasteiger partial charge on any atom is 0.268 e. The third kappa shape index (κ3) is 2.92. The molecule has 0 aromatic carbocycles. The number of hydrogen-bond acceptors (Lipinski definition) is 8. The average Bonchev–Trinajstić information content (AvgIpc) is 3.17. The number of piperazine rings is 1. The van der Waals surface area contributed by atoms with Gasteiger partial charge in [0.1, 0.15) is 0 Å². The summed E-state index contributed by atoms with van der Waals surface area (Å²) in [7, 11) is -0.0590. The van der Waals surface area contributed by atoms with Crippen LogP contribution in [0.1, 0.15) is 11.9 Å². The Kier molecular flexibility index (Phi) is 4.28. The first kappa shape index (κ1) is 15.6. The van der Waals surface area contributed by atoms with E-state index in [1.54, 1.807) is 5.38 Å². The first-order chi connectivity index (χ1) is 10.5. The van der Waals surface area contributed by atoms with Gasteiger partial charge in [-0.3, -0.25) is 4.90 Å². The van der Waals surface area contributed by atoms with E-state index in [1.165, 1.54) is 24.5 Å². The second-order valence-electron chi connectivity index (χ2n) is 5.01. The molecule has 2 aromatic rings. The Hall–Kier alpha value is -1.33. The summed E-state index contributed by atoms with van der Waals surface area (Å²) in [6.45, 7) is 2.62. The van der Waals surface area contributed by atoms with Gasteiger partial charge in [-0.15, -0.1) is 11.3 Å². The van der Waals surface area contributed by atoms with Crippen LogP contribution in [0.15, 0.2) is 20.9 Å². The SMILES string of the molecule is CNS(=O)(=O)c1csc(-c2nc(C3CNCCN3C)no2)c1. The summed E-state index contributed by atoms with van der Waals surface area (Å²) in [5.74, 6) is 0.952. The first-order valence-corrected chi connectivity index (χ1v) is 9.14. The lowest BCUT2D eigenvalue weighted by molar-refractivity contribution is 0.190. The minimum absolute atomic E-state index is 0.0618. The van der Waals surface area contributed by atoms with E-state index in [4.69, 9.17) is 4.52 Å². The van der Waals surface area contributed by atoms with Crippen LogP contribution in [0.5, 0.6) is 0 Å². The second-order valence-corrected chi connectivity index (χ2v) is 7.81. The number of rotatable bonds is 4. The van der Waals surface area contributed by atoms with Crippen LogP contribution in [-0.4, -0.2) is 57.2 Å². The molecule has 1 aliphatic rings. The summed E-state index contributed by atoms with van der Waals surface area (Å²) in [6.07, 6.45) is 0. The molecule has 0 amide bonds. The normalized spacial score (nSPS) is 20.4. The Labute approximate surface area is 132 Å². The number of nitrogens with zero attached hydrogens (tertiary/aromatic N) is 3. The van der Waals surface area contributed by atoms with Gasteiger partial charge in [-0.25, -0.2) is 13.1 Å². The van der Waals surface area contributed by atoms with Crippen LogP contribution in [0.4, 0.5) is 0 Å². The van der Waals surface area contributed by atoms with E-state index in [0.717, 1.165) is 19.6 Å². The fourth-order valence-corrected chi connectivity index (χ4v) is 4.18. The molecule has 0 bridgehead atoms. The molecule has 22 heavy (non-hydrogen) atoms. The van der Waals surface area contributed by atoms with Gasteiger partial charge < -0.3 is 9.84 Å².